The maximum atomic E-state index is 13.5. The third-order valence-electron chi connectivity index (χ3n) is 5.81. The van der Waals surface area contributed by atoms with E-state index in [0.29, 0.717) is 17.9 Å². The number of carbonyl (C=O) groups excluding carboxylic acids is 1. The van der Waals surface area contributed by atoms with Gasteiger partial charge >= 0.3 is 0 Å². The molecule has 0 atom stereocenters. The van der Waals surface area contributed by atoms with Crippen molar-refractivity contribution in [3.8, 4) is 16.9 Å². The first kappa shape index (κ1) is 25.5. The molecular weight excluding hydrogens is 426 g/mol. The van der Waals surface area contributed by atoms with Gasteiger partial charge in [0.25, 0.3) is 11.8 Å². The number of ether oxygens (including phenoxy) is 1. The number of para-hydroxylation sites is 1. The Balaban J connectivity index is 1.84. The highest BCUT2D eigenvalue weighted by atomic mass is 16.5. The van der Waals surface area contributed by atoms with E-state index in [9.17, 15) is 15.0 Å². The van der Waals surface area contributed by atoms with Crippen LogP contribution in [0.3, 0.4) is 0 Å². The summed E-state index contributed by atoms with van der Waals surface area (Å²) >= 11 is 0. The molecule has 0 fully saturated rings. The minimum absolute atomic E-state index is 0.147. The maximum absolute atomic E-state index is 13.5. The van der Waals surface area contributed by atoms with E-state index in [4.69, 9.17) is 4.74 Å². The molecule has 0 bridgehead atoms. The topological polar surface area (TPSA) is 70.0 Å². The Morgan fingerprint density at radius 2 is 1.47 bits per heavy atom. The zero-order valence-electron chi connectivity index (χ0n) is 20.3. The van der Waals surface area contributed by atoms with Crippen molar-refractivity contribution < 1.29 is 19.7 Å². The molecule has 0 saturated heterocycles. The highest BCUT2D eigenvalue weighted by Gasteiger charge is 2.42. The third-order valence-corrected chi connectivity index (χ3v) is 5.81. The van der Waals surface area contributed by atoms with Crippen LogP contribution >= 0.6 is 0 Å². The molecule has 0 aliphatic heterocycles. The fourth-order valence-corrected chi connectivity index (χ4v) is 4.02. The van der Waals surface area contributed by atoms with E-state index in [0.717, 1.165) is 41.7 Å². The summed E-state index contributed by atoms with van der Waals surface area (Å²) in [4.78, 5) is 14.5. The number of nitrogens with zero attached hydrogens (tertiary/aromatic N) is 1. The number of unbranched alkanes of at least 4 members (excludes halogenated alkanes) is 3. The highest BCUT2D eigenvalue weighted by molar-refractivity contribution is 5.95. The van der Waals surface area contributed by atoms with Gasteiger partial charge in [-0.15, -0.1) is 0 Å². The summed E-state index contributed by atoms with van der Waals surface area (Å²) in [5.74, 6) is -2.65. The molecule has 3 aromatic carbocycles. The third kappa shape index (κ3) is 6.04. The molecule has 2 N–H and O–H groups in total. The van der Waals surface area contributed by atoms with Crippen molar-refractivity contribution >= 4 is 5.91 Å². The first-order valence-electron chi connectivity index (χ1n) is 12.0. The summed E-state index contributed by atoms with van der Waals surface area (Å²) < 4.78 is 5.89. The molecule has 5 heteroatoms. The first-order chi connectivity index (χ1) is 16.4. The van der Waals surface area contributed by atoms with Gasteiger partial charge in [-0.2, -0.15) is 0 Å². The summed E-state index contributed by atoms with van der Waals surface area (Å²) in [6.45, 7) is 6.13. The molecule has 34 heavy (non-hydrogen) atoms. The van der Waals surface area contributed by atoms with Gasteiger partial charge < -0.3 is 14.9 Å². The van der Waals surface area contributed by atoms with Gasteiger partial charge in [-0.25, -0.2) is 0 Å². The van der Waals surface area contributed by atoms with Crippen LogP contribution in [0.2, 0.25) is 0 Å². The van der Waals surface area contributed by atoms with Gasteiger partial charge in [-0.3, -0.25) is 9.69 Å². The number of rotatable bonds is 11. The largest absolute Gasteiger partial charge is 0.493 e. The predicted octanol–water partition coefficient (Wildman–Crippen LogP) is 5.96. The summed E-state index contributed by atoms with van der Waals surface area (Å²) in [6.07, 6.45) is 4.20. The number of amides is 1. The molecule has 180 valence electrons. The molecule has 0 aliphatic rings. The lowest BCUT2D eigenvalue weighted by atomic mass is 10.0. The van der Waals surface area contributed by atoms with Gasteiger partial charge in [0.2, 0.25) is 0 Å². The van der Waals surface area contributed by atoms with Crippen LogP contribution in [-0.2, 0) is 5.91 Å². The normalized spacial score (nSPS) is 11.5. The van der Waals surface area contributed by atoms with Crippen molar-refractivity contribution in [3.05, 3.63) is 90.0 Å². The van der Waals surface area contributed by atoms with Crippen molar-refractivity contribution in [2.75, 3.05) is 6.61 Å². The van der Waals surface area contributed by atoms with E-state index in [1.54, 1.807) is 50.2 Å². The summed E-state index contributed by atoms with van der Waals surface area (Å²) in [7, 11) is 0. The molecule has 1 amide bonds. The van der Waals surface area contributed by atoms with Crippen LogP contribution < -0.4 is 4.74 Å². The average Bonchev–Trinajstić information content (AvgIpc) is 2.84. The van der Waals surface area contributed by atoms with Gasteiger partial charge in [0.05, 0.1) is 12.2 Å². The van der Waals surface area contributed by atoms with Crippen molar-refractivity contribution in [3.63, 3.8) is 0 Å². The van der Waals surface area contributed by atoms with E-state index < -0.39 is 17.9 Å². The van der Waals surface area contributed by atoms with E-state index in [-0.39, 0.29) is 5.56 Å². The molecule has 3 aromatic rings. The van der Waals surface area contributed by atoms with Crippen molar-refractivity contribution in [2.45, 2.75) is 58.4 Å². The van der Waals surface area contributed by atoms with Crippen molar-refractivity contribution in [1.29, 1.82) is 0 Å². The van der Waals surface area contributed by atoms with Gasteiger partial charge in [-0.05, 0) is 55.7 Å². The fraction of sp³-hybridized carbons (Fsp3) is 0.345. The van der Waals surface area contributed by atoms with E-state index in [2.05, 4.69) is 6.92 Å². The Hall–Kier alpha value is -3.15. The quantitative estimate of drug-likeness (QED) is 0.273. The molecule has 0 aliphatic carbocycles. The molecular formula is C29H35NO4. The van der Waals surface area contributed by atoms with Gasteiger partial charge in [0, 0.05) is 11.6 Å². The minimum atomic E-state index is -2.54. The molecule has 3 rings (SSSR count). The number of hydrogen-bond acceptors (Lipinski definition) is 4. The Morgan fingerprint density at radius 1 is 0.853 bits per heavy atom. The lowest BCUT2D eigenvalue weighted by Crippen LogP contribution is -2.53. The molecule has 0 saturated carbocycles. The average molecular weight is 462 g/mol. The zero-order chi connectivity index (χ0) is 24.6. The first-order valence-corrected chi connectivity index (χ1v) is 12.0. The predicted molar refractivity (Wildman–Crippen MR) is 135 cm³/mol. The second kappa shape index (κ2) is 11.8. The fourth-order valence-electron chi connectivity index (χ4n) is 4.02. The molecule has 0 aromatic heterocycles. The number of aliphatic hydroxyl groups is 2. The monoisotopic (exact) mass is 461 g/mol. The smallest absolute Gasteiger partial charge is 0.281 e. The second-order valence-electron chi connectivity index (χ2n) is 8.75. The van der Waals surface area contributed by atoms with Crippen LogP contribution in [0.15, 0.2) is 78.9 Å². The van der Waals surface area contributed by atoms with Crippen LogP contribution in [0.5, 0.6) is 5.75 Å². The zero-order valence-corrected chi connectivity index (χ0v) is 20.3. The second-order valence-corrected chi connectivity index (χ2v) is 8.75. The Kier molecular flexibility index (Phi) is 8.85. The SMILES string of the molecule is CCCCCCOc1ccccc1C(O)(O)N(C(=O)c1ccc(-c2ccccc2)cc1)C(C)C. The number of benzene rings is 3. The molecule has 0 radical (unpaired) electrons. The van der Waals surface area contributed by atoms with Gasteiger partial charge in [-0.1, -0.05) is 80.8 Å². The van der Waals surface area contributed by atoms with Crippen LogP contribution in [0, 0.1) is 0 Å². The summed E-state index contributed by atoms with van der Waals surface area (Å²) in [6, 6.07) is 23.3. The summed E-state index contributed by atoms with van der Waals surface area (Å²) in [5.41, 5.74) is 2.55. The molecule has 0 heterocycles. The van der Waals surface area contributed by atoms with Crippen LogP contribution in [0.4, 0.5) is 0 Å². The standard InChI is InChI=1S/C29H35NO4/c1-4-5-6-12-21-34-27-16-11-10-15-26(27)29(32,33)30(22(2)3)28(31)25-19-17-24(18-20-25)23-13-8-7-9-14-23/h7-11,13-20,22,32-33H,4-6,12,21H2,1-3H3. The molecule has 0 spiro atoms. The number of hydrogen-bond donors (Lipinski definition) is 2. The highest BCUT2D eigenvalue weighted by Crippen LogP contribution is 2.34. The summed E-state index contributed by atoms with van der Waals surface area (Å²) in [5, 5.41) is 22.6. The van der Waals surface area contributed by atoms with E-state index in [1.807, 2.05) is 42.5 Å². The van der Waals surface area contributed by atoms with Gasteiger partial charge in [0.15, 0.2) is 0 Å². The van der Waals surface area contributed by atoms with Crippen molar-refractivity contribution in [1.82, 2.24) is 4.90 Å². The maximum Gasteiger partial charge on any atom is 0.281 e. The van der Waals surface area contributed by atoms with Crippen LogP contribution in [-0.4, -0.2) is 33.7 Å². The Morgan fingerprint density at radius 3 is 2.12 bits per heavy atom. The van der Waals surface area contributed by atoms with Gasteiger partial charge in [0.1, 0.15) is 5.75 Å². The van der Waals surface area contributed by atoms with Crippen LogP contribution in [0.1, 0.15) is 62.4 Å². The van der Waals surface area contributed by atoms with Crippen LogP contribution in [0.25, 0.3) is 11.1 Å². The minimum Gasteiger partial charge on any atom is -0.493 e. The molecule has 0 unspecified atom stereocenters. The van der Waals surface area contributed by atoms with Crippen molar-refractivity contribution in [2.24, 2.45) is 0 Å². The Bertz CT molecular complexity index is 1050. The van der Waals surface area contributed by atoms with E-state index in [1.165, 1.54) is 0 Å². The molecule has 5 nitrogen and oxygen atoms in total. The lowest BCUT2D eigenvalue weighted by molar-refractivity contribution is -0.264. The Labute approximate surface area is 202 Å². The number of carbonyl (C=O) groups is 1. The van der Waals surface area contributed by atoms with E-state index >= 15 is 0 Å². The lowest BCUT2D eigenvalue weighted by Gasteiger charge is -2.39.